The molecule has 82 valence electrons. The predicted octanol–water partition coefficient (Wildman–Crippen LogP) is 2.42. The van der Waals surface area contributed by atoms with Crippen LogP contribution < -0.4 is 0 Å². The molecule has 0 spiro atoms. The fraction of sp³-hybridized carbons (Fsp3) is 0.0909. The van der Waals surface area contributed by atoms with Crippen molar-refractivity contribution in [2.75, 3.05) is 0 Å². The maximum Gasteiger partial charge on any atom is 0.106 e. The molecule has 0 saturated heterocycles. The fourth-order valence-corrected chi connectivity index (χ4v) is 1.50. The van der Waals surface area contributed by atoms with Gasteiger partial charge in [-0.15, -0.1) is 0 Å². The van der Waals surface area contributed by atoms with Crippen LogP contribution in [0.1, 0.15) is 5.56 Å². The summed E-state index contributed by atoms with van der Waals surface area (Å²) in [5.74, 6) is 0. The fourth-order valence-electron chi connectivity index (χ4n) is 1.38. The number of halogens is 1. The Hall–Kier alpha value is -1.81. The van der Waals surface area contributed by atoms with E-state index in [9.17, 15) is 0 Å². The van der Waals surface area contributed by atoms with Crippen LogP contribution >= 0.6 is 11.6 Å². The van der Waals surface area contributed by atoms with E-state index in [0.29, 0.717) is 17.3 Å². The quantitative estimate of drug-likeness (QED) is 0.505. The molecule has 1 N–H and O–H groups in total. The van der Waals surface area contributed by atoms with E-state index in [0.717, 1.165) is 5.56 Å². The van der Waals surface area contributed by atoms with E-state index >= 15 is 0 Å². The van der Waals surface area contributed by atoms with Crippen molar-refractivity contribution < 1.29 is 5.21 Å². The number of nitrogens with zero attached hydrogens (tertiary/aromatic N) is 3. The Morgan fingerprint density at radius 3 is 2.69 bits per heavy atom. The Bertz CT molecular complexity index is 476. The molecular weight excluding hydrogens is 226 g/mol. The van der Waals surface area contributed by atoms with Crippen molar-refractivity contribution in [3.63, 3.8) is 0 Å². The maximum absolute atomic E-state index is 8.97. The number of rotatable bonds is 3. The average Bonchev–Trinajstić information content (AvgIpc) is 2.80. The largest absolute Gasteiger partial charge is 0.411 e. The monoisotopic (exact) mass is 235 g/mol. The normalized spacial score (nSPS) is 11.7. The lowest BCUT2D eigenvalue weighted by Crippen LogP contribution is -2.10. The summed E-state index contributed by atoms with van der Waals surface area (Å²) >= 11 is 5.78. The van der Waals surface area contributed by atoms with Crippen molar-refractivity contribution in [2.24, 2.45) is 5.16 Å². The van der Waals surface area contributed by atoms with Gasteiger partial charge in [-0.1, -0.05) is 28.9 Å². The Morgan fingerprint density at radius 1 is 1.38 bits per heavy atom. The highest BCUT2D eigenvalue weighted by molar-refractivity contribution is 6.30. The minimum Gasteiger partial charge on any atom is -0.411 e. The summed E-state index contributed by atoms with van der Waals surface area (Å²) in [6.45, 7) is 0.470. The van der Waals surface area contributed by atoms with Gasteiger partial charge in [0.25, 0.3) is 0 Å². The van der Waals surface area contributed by atoms with Crippen molar-refractivity contribution >= 4 is 17.3 Å². The summed E-state index contributed by atoms with van der Waals surface area (Å²) in [5.41, 5.74) is 1.40. The summed E-state index contributed by atoms with van der Waals surface area (Å²) in [4.78, 5) is 3.92. The Morgan fingerprint density at radius 2 is 2.12 bits per heavy atom. The number of hydrogen-bond donors (Lipinski definition) is 1. The number of imidazole rings is 1. The lowest BCUT2D eigenvalue weighted by atomic mass is 10.1. The predicted molar refractivity (Wildman–Crippen MR) is 62.0 cm³/mol. The van der Waals surface area contributed by atoms with Crippen LogP contribution in [-0.4, -0.2) is 20.5 Å². The first kappa shape index (κ1) is 10.7. The third kappa shape index (κ3) is 2.41. The van der Waals surface area contributed by atoms with Gasteiger partial charge >= 0.3 is 0 Å². The molecule has 0 radical (unpaired) electrons. The molecule has 2 aromatic rings. The van der Waals surface area contributed by atoms with Crippen molar-refractivity contribution in [3.05, 3.63) is 53.6 Å². The summed E-state index contributed by atoms with van der Waals surface area (Å²) in [6, 6.07) is 7.15. The van der Waals surface area contributed by atoms with Crippen molar-refractivity contribution in [1.29, 1.82) is 0 Å². The van der Waals surface area contributed by atoms with Crippen molar-refractivity contribution in [3.8, 4) is 0 Å². The number of aromatic nitrogens is 2. The smallest absolute Gasteiger partial charge is 0.106 e. The molecule has 0 aliphatic rings. The van der Waals surface area contributed by atoms with Gasteiger partial charge in [-0.05, 0) is 12.1 Å². The lowest BCUT2D eigenvalue weighted by Gasteiger charge is -2.05. The first-order valence-electron chi connectivity index (χ1n) is 4.72. The van der Waals surface area contributed by atoms with E-state index in [-0.39, 0.29) is 0 Å². The van der Waals surface area contributed by atoms with Gasteiger partial charge in [-0.3, -0.25) is 0 Å². The molecule has 0 atom stereocenters. The number of oxime groups is 1. The van der Waals surface area contributed by atoms with E-state index < -0.39 is 0 Å². The summed E-state index contributed by atoms with van der Waals surface area (Å²) in [6.07, 6.45) is 5.15. The standard InChI is InChI=1S/C11H10ClN3O/c12-10-3-1-9(2-4-10)11(14-16)7-15-6-5-13-8-15/h1-6,8,16H,7H2. The molecule has 0 bridgehead atoms. The molecule has 16 heavy (non-hydrogen) atoms. The van der Waals surface area contributed by atoms with Gasteiger partial charge in [0.05, 0.1) is 12.9 Å². The summed E-state index contributed by atoms with van der Waals surface area (Å²) < 4.78 is 1.82. The van der Waals surface area contributed by atoms with E-state index in [1.54, 1.807) is 30.9 Å². The molecule has 1 aromatic carbocycles. The highest BCUT2D eigenvalue weighted by Crippen LogP contribution is 2.11. The van der Waals surface area contributed by atoms with E-state index in [2.05, 4.69) is 10.1 Å². The first-order valence-corrected chi connectivity index (χ1v) is 5.10. The molecule has 0 aliphatic carbocycles. The van der Waals surface area contributed by atoms with E-state index in [1.807, 2.05) is 16.7 Å². The molecule has 4 nitrogen and oxygen atoms in total. The Kier molecular flexibility index (Phi) is 3.22. The molecule has 0 amide bonds. The van der Waals surface area contributed by atoms with Crippen LogP contribution in [-0.2, 0) is 6.54 Å². The maximum atomic E-state index is 8.97. The second kappa shape index (κ2) is 4.81. The average molecular weight is 236 g/mol. The third-order valence-electron chi connectivity index (χ3n) is 2.19. The zero-order chi connectivity index (χ0) is 11.4. The molecule has 1 heterocycles. The first-order chi connectivity index (χ1) is 7.79. The molecule has 2 rings (SSSR count). The zero-order valence-corrected chi connectivity index (χ0v) is 9.17. The van der Waals surface area contributed by atoms with Gasteiger partial charge in [0, 0.05) is 23.0 Å². The minimum absolute atomic E-state index is 0.470. The Balaban J connectivity index is 2.20. The van der Waals surface area contributed by atoms with Crippen LogP contribution in [0.4, 0.5) is 0 Å². The topological polar surface area (TPSA) is 50.4 Å². The van der Waals surface area contributed by atoms with Gasteiger partial charge in [0.15, 0.2) is 0 Å². The van der Waals surface area contributed by atoms with E-state index in [1.165, 1.54) is 0 Å². The zero-order valence-electron chi connectivity index (χ0n) is 8.42. The van der Waals surface area contributed by atoms with Crippen LogP contribution in [0.2, 0.25) is 5.02 Å². The third-order valence-corrected chi connectivity index (χ3v) is 2.44. The second-order valence-electron chi connectivity index (χ2n) is 3.29. The number of benzene rings is 1. The molecule has 0 saturated carbocycles. The van der Waals surface area contributed by atoms with Crippen molar-refractivity contribution in [1.82, 2.24) is 9.55 Å². The molecule has 0 unspecified atom stereocenters. The van der Waals surface area contributed by atoms with Gasteiger partial charge in [0.2, 0.25) is 0 Å². The molecule has 0 fully saturated rings. The molecule has 1 aromatic heterocycles. The van der Waals surface area contributed by atoms with Gasteiger partial charge in [-0.25, -0.2) is 4.98 Å². The van der Waals surface area contributed by atoms with E-state index in [4.69, 9.17) is 16.8 Å². The van der Waals surface area contributed by atoms with Crippen LogP contribution in [0.25, 0.3) is 0 Å². The van der Waals surface area contributed by atoms with Crippen LogP contribution in [0.5, 0.6) is 0 Å². The second-order valence-corrected chi connectivity index (χ2v) is 3.73. The highest BCUT2D eigenvalue weighted by atomic mass is 35.5. The van der Waals surface area contributed by atoms with Gasteiger partial charge < -0.3 is 9.77 Å². The van der Waals surface area contributed by atoms with Crippen LogP contribution in [0.15, 0.2) is 48.1 Å². The van der Waals surface area contributed by atoms with Crippen LogP contribution in [0, 0.1) is 0 Å². The SMILES string of the molecule is ON=C(Cn1ccnc1)c1ccc(Cl)cc1. The molecule has 0 aliphatic heterocycles. The lowest BCUT2D eigenvalue weighted by molar-refractivity contribution is 0.317. The van der Waals surface area contributed by atoms with Gasteiger partial charge in [0.1, 0.15) is 5.71 Å². The molecule has 5 heteroatoms. The van der Waals surface area contributed by atoms with Crippen LogP contribution in [0.3, 0.4) is 0 Å². The minimum atomic E-state index is 0.470. The summed E-state index contributed by atoms with van der Waals surface area (Å²) in [7, 11) is 0. The Labute approximate surface area is 97.8 Å². The number of hydrogen-bond acceptors (Lipinski definition) is 3. The summed E-state index contributed by atoms with van der Waals surface area (Å²) in [5, 5.41) is 12.9. The highest BCUT2D eigenvalue weighted by Gasteiger charge is 2.04. The molecular formula is C11H10ClN3O. The van der Waals surface area contributed by atoms with Crippen molar-refractivity contribution in [2.45, 2.75) is 6.54 Å². The van der Waals surface area contributed by atoms with Gasteiger partial charge in [-0.2, -0.15) is 0 Å².